The van der Waals surface area contributed by atoms with Gasteiger partial charge < -0.3 is 14.8 Å². The Labute approximate surface area is 145 Å². The lowest BCUT2D eigenvalue weighted by Crippen LogP contribution is -2.30. The monoisotopic (exact) mass is 347 g/mol. The lowest BCUT2D eigenvalue weighted by molar-refractivity contribution is -0.153. The van der Waals surface area contributed by atoms with Crippen LogP contribution in [-0.4, -0.2) is 24.6 Å². The van der Waals surface area contributed by atoms with Crippen molar-refractivity contribution in [3.63, 3.8) is 0 Å². The molecule has 0 aromatic heterocycles. The molecule has 0 radical (unpaired) electrons. The highest BCUT2D eigenvalue weighted by molar-refractivity contribution is 6.30. The van der Waals surface area contributed by atoms with Gasteiger partial charge in [-0.2, -0.15) is 0 Å². The topological polar surface area (TPSA) is 64.6 Å². The Balaban J connectivity index is 1.73. The van der Waals surface area contributed by atoms with Gasteiger partial charge in [-0.05, 0) is 37.3 Å². The molecular formula is C18H18ClNO4. The van der Waals surface area contributed by atoms with Gasteiger partial charge in [0.05, 0.1) is 13.0 Å². The number of amides is 1. The van der Waals surface area contributed by atoms with Crippen molar-refractivity contribution in [1.82, 2.24) is 0 Å². The summed E-state index contributed by atoms with van der Waals surface area (Å²) in [5, 5.41) is 3.15. The second-order valence-corrected chi connectivity index (χ2v) is 5.48. The molecule has 0 fully saturated rings. The summed E-state index contributed by atoms with van der Waals surface area (Å²) in [6.07, 6.45) is -0.850. The first-order valence-electron chi connectivity index (χ1n) is 7.48. The van der Waals surface area contributed by atoms with Crippen molar-refractivity contribution in [2.45, 2.75) is 19.4 Å². The van der Waals surface area contributed by atoms with Crippen LogP contribution in [0.4, 0.5) is 5.69 Å². The molecule has 2 aromatic rings. The molecule has 126 valence electrons. The molecule has 5 nitrogen and oxygen atoms in total. The van der Waals surface area contributed by atoms with Crippen molar-refractivity contribution in [2.75, 3.05) is 11.9 Å². The fourth-order valence-corrected chi connectivity index (χ4v) is 2.08. The highest BCUT2D eigenvalue weighted by atomic mass is 35.5. The van der Waals surface area contributed by atoms with Crippen molar-refractivity contribution < 1.29 is 19.1 Å². The number of anilines is 1. The van der Waals surface area contributed by atoms with Gasteiger partial charge in [-0.15, -0.1) is 0 Å². The van der Waals surface area contributed by atoms with E-state index in [9.17, 15) is 9.59 Å². The Morgan fingerprint density at radius 3 is 2.58 bits per heavy atom. The van der Waals surface area contributed by atoms with Gasteiger partial charge in [0.2, 0.25) is 0 Å². The third kappa shape index (κ3) is 5.93. The van der Waals surface area contributed by atoms with Crippen LogP contribution in [0.5, 0.6) is 5.75 Å². The Morgan fingerprint density at radius 2 is 1.88 bits per heavy atom. The Hall–Kier alpha value is -2.53. The van der Waals surface area contributed by atoms with E-state index in [2.05, 4.69) is 5.32 Å². The standard InChI is InChI=1S/C18H18ClNO4/c1-13(18(22)20-15-7-5-6-14(19)12-15)24-17(21)10-11-23-16-8-3-2-4-9-16/h2-9,12-13H,10-11H2,1H3,(H,20,22)/t13-/m1/s1. The summed E-state index contributed by atoms with van der Waals surface area (Å²) in [4.78, 5) is 23.7. The van der Waals surface area contributed by atoms with Crippen LogP contribution in [0, 0.1) is 0 Å². The van der Waals surface area contributed by atoms with Crippen LogP contribution in [0.3, 0.4) is 0 Å². The lowest BCUT2D eigenvalue weighted by atomic mass is 10.3. The largest absolute Gasteiger partial charge is 0.493 e. The molecule has 0 saturated heterocycles. The Kier molecular flexibility index (Phi) is 6.63. The second-order valence-electron chi connectivity index (χ2n) is 5.04. The molecule has 1 amide bonds. The minimum atomic E-state index is -0.909. The van der Waals surface area contributed by atoms with E-state index in [0.29, 0.717) is 16.5 Å². The summed E-state index contributed by atoms with van der Waals surface area (Å²) < 4.78 is 10.5. The number of halogens is 1. The van der Waals surface area contributed by atoms with Gasteiger partial charge in [0.25, 0.3) is 5.91 Å². The van der Waals surface area contributed by atoms with Gasteiger partial charge in [-0.3, -0.25) is 9.59 Å². The highest BCUT2D eigenvalue weighted by Gasteiger charge is 2.18. The zero-order valence-corrected chi connectivity index (χ0v) is 14.0. The highest BCUT2D eigenvalue weighted by Crippen LogP contribution is 2.15. The molecule has 0 aliphatic heterocycles. The maximum absolute atomic E-state index is 12.0. The van der Waals surface area contributed by atoms with Gasteiger partial charge in [0, 0.05) is 10.7 Å². The Bertz CT molecular complexity index is 690. The van der Waals surface area contributed by atoms with Gasteiger partial charge >= 0.3 is 5.97 Å². The molecule has 0 spiro atoms. The molecule has 2 aromatic carbocycles. The normalized spacial score (nSPS) is 11.4. The second kappa shape index (κ2) is 8.93. The third-order valence-electron chi connectivity index (χ3n) is 3.09. The van der Waals surface area contributed by atoms with Crippen LogP contribution in [0.2, 0.25) is 5.02 Å². The van der Waals surface area contributed by atoms with E-state index in [1.807, 2.05) is 18.2 Å². The number of rotatable bonds is 7. The van der Waals surface area contributed by atoms with Crippen molar-refractivity contribution in [3.8, 4) is 5.75 Å². The van der Waals surface area contributed by atoms with Gasteiger partial charge in [-0.25, -0.2) is 0 Å². The minimum Gasteiger partial charge on any atom is -0.493 e. The van der Waals surface area contributed by atoms with Crippen molar-refractivity contribution in [1.29, 1.82) is 0 Å². The number of carbonyl (C=O) groups excluding carboxylic acids is 2. The molecule has 0 heterocycles. The first kappa shape index (κ1) is 17.8. The number of benzene rings is 2. The van der Waals surface area contributed by atoms with E-state index < -0.39 is 18.0 Å². The molecule has 0 bridgehead atoms. The number of esters is 1. The van der Waals surface area contributed by atoms with Crippen LogP contribution in [0.25, 0.3) is 0 Å². The maximum Gasteiger partial charge on any atom is 0.310 e. The van der Waals surface area contributed by atoms with Crippen LogP contribution in [0.1, 0.15) is 13.3 Å². The SMILES string of the molecule is C[C@@H](OC(=O)CCOc1ccccc1)C(=O)Nc1cccc(Cl)c1. The molecule has 1 atom stereocenters. The molecule has 24 heavy (non-hydrogen) atoms. The van der Waals surface area contributed by atoms with Crippen LogP contribution in [-0.2, 0) is 14.3 Å². The summed E-state index contributed by atoms with van der Waals surface area (Å²) in [5.74, 6) is -0.244. The maximum atomic E-state index is 12.0. The lowest BCUT2D eigenvalue weighted by Gasteiger charge is -2.14. The van der Waals surface area contributed by atoms with Gasteiger partial charge in [0.1, 0.15) is 5.75 Å². The predicted octanol–water partition coefficient (Wildman–Crippen LogP) is 3.68. The van der Waals surface area contributed by atoms with E-state index >= 15 is 0 Å². The molecule has 2 rings (SSSR count). The quantitative estimate of drug-likeness (QED) is 0.776. The van der Waals surface area contributed by atoms with Crippen LogP contribution in [0.15, 0.2) is 54.6 Å². The van der Waals surface area contributed by atoms with Crippen molar-refractivity contribution in [2.24, 2.45) is 0 Å². The van der Waals surface area contributed by atoms with E-state index in [4.69, 9.17) is 21.1 Å². The molecule has 0 aliphatic rings. The summed E-state index contributed by atoms with van der Waals surface area (Å²) in [7, 11) is 0. The van der Waals surface area contributed by atoms with Gasteiger partial charge in [0.15, 0.2) is 6.10 Å². The number of hydrogen-bond donors (Lipinski definition) is 1. The van der Waals surface area contributed by atoms with E-state index in [0.717, 1.165) is 0 Å². The molecule has 0 unspecified atom stereocenters. The minimum absolute atomic E-state index is 0.0592. The van der Waals surface area contributed by atoms with Gasteiger partial charge in [-0.1, -0.05) is 35.9 Å². The zero-order chi connectivity index (χ0) is 17.4. The smallest absolute Gasteiger partial charge is 0.310 e. The molecule has 6 heteroatoms. The fraction of sp³-hybridized carbons (Fsp3) is 0.222. The van der Waals surface area contributed by atoms with E-state index in [1.165, 1.54) is 6.92 Å². The Morgan fingerprint density at radius 1 is 1.12 bits per heavy atom. The summed E-state index contributed by atoms with van der Waals surface area (Å²) >= 11 is 5.85. The predicted molar refractivity (Wildman–Crippen MR) is 92.2 cm³/mol. The number of ether oxygens (including phenoxy) is 2. The first-order valence-corrected chi connectivity index (χ1v) is 7.86. The number of hydrogen-bond acceptors (Lipinski definition) is 4. The van der Waals surface area contributed by atoms with E-state index in [1.54, 1.807) is 36.4 Å². The summed E-state index contributed by atoms with van der Waals surface area (Å²) in [5.41, 5.74) is 0.544. The van der Waals surface area contributed by atoms with Crippen molar-refractivity contribution in [3.05, 3.63) is 59.6 Å². The summed E-state index contributed by atoms with van der Waals surface area (Å²) in [6, 6.07) is 15.9. The fourth-order valence-electron chi connectivity index (χ4n) is 1.89. The van der Waals surface area contributed by atoms with Crippen LogP contribution >= 0.6 is 11.6 Å². The molecule has 0 saturated carbocycles. The summed E-state index contributed by atoms with van der Waals surface area (Å²) in [6.45, 7) is 1.70. The average Bonchev–Trinajstić information content (AvgIpc) is 2.55. The zero-order valence-electron chi connectivity index (χ0n) is 13.2. The first-order chi connectivity index (χ1) is 11.5. The third-order valence-corrected chi connectivity index (χ3v) is 3.32. The molecule has 1 N–H and O–H groups in total. The van der Waals surface area contributed by atoms with E-state index in [-0.39, 0.29) is 13.0 Å². The van der Waals surface area contributed by atoms with Crippen molar-refractivity contribution >= 4 is 29.2 Å². The molecule has 0 aliphatic carbocycles. The number of carbonyl (C=O) groups is 2. The molecular weight excluding hydrogens is 330 g/mol. The average molecular weight is 348 g/mol. The van der Waals surface area contributed by atoms with Crippen LogP contribution < -0.4 is 10.1 Å². The number of para-hydroxylation sites is 1. The number of nitrogens with one attached hydrogen (secondary N) is 1.